The van der Waals surface area contributed by atoms with Crippen LogP contribution < -0.4 is 61.6 Å². The number of aryl methyl sites for hydroxylation is 1. The Bertz CT molecular complexity index is 392. The molecule has 0 aromatic heterocycles. The van der Waals surface area contributed by atoms with E-state index in [0.29, 0.717) is 18.3 Å². The Kier molecular flexibility index (Phi) is 8.96. The van der Waals surface area contributed by atoms with Crippen molar-refractivity contribution in [3.63, 3.8) is 0 Å². The van der Waals surface area contributed by atoms with E-state index in [1.165, 1.54) is 19.1 Å². The number of rotatable bonds is 6. The predicted molar refractivity (Wildman–Crippen MR) is 69.5 cm³/mol. The van der Waals surface area contributed by atoms with E-state index in [1.54, 1.807) is 0 Å². The monoisotopic (exact) mass is 298 g/mol. The Hall–Kier alpha value is 0.511. The summed E-state index contributed by atoms with van der Waals surface area (Å²) in [5, 5.41) is 0. The van der Waals surface area contributed by atoms with E-state index in [2.05, 4.69) is 13.8 Å². The Morgan fingerprint density at radius 2 is 1.74 bits per heavy atom. The number of halogens is 3. The molecule has 1 aromatic carbocycles. The van der Waals surface area contributed by atoms with Gasteiger partial charge in [0, 0.05) is 0 Å². The maximum Gasteiger partial charge on any atom is 1.00 e. The first-order valence-electron chi connectivity index (χ1n) is 6.31. The SMILES string of the molecule is CCC(CC)COc1ccc([B-](F)(F)F)c(C)c1.[K+]. The van der Waals surface area contributed by atoms with Crippen LogP contribution in [-0.4, -0.2) is 13.6 Å². The molecule has 1 rings (SSSR count). The number of hydrogen-bond donors (Lipinski definition) is 0. The fourth-order valence-corrected chi connectivity index (χ4v) is 1.84. The standard InChI is InChI=1S/C13H19BF3O.K/c1-4-11(5-2)9-18-12-6-7-13(10(3)8-12)14(15,16)17;/h6-8,11H,4-5,9H2,1-3H3;/q-1;+1. The van der Waals surface area contributed by atoms with Crippen LogP contribution >= 0.6 is 0 Å². The van der Waals surface area contributed by atoms with E-state index in [-0.39, 0.29) is 56.9 Å². The van der Waals surface area contributed by atoms with Gasteiger partial charge in [0.05, 0.1) is 6.61 Å². The third-order valence-corrected chi connectivity index (χ3v) is 3.23. The minimum absolute atomic E-state index is 0. The van der Waals surface area contributed by atoms with Gasteiger partial charge in [0.15, 0.2) is 0 Å². The van der Waals surface area contributed by atoms with Crippen molar-refractivity contribution >= 4 is 12.4 Å². The minimum atomic E-state index is -4.93. The molecule has 1 nitrogen and oxygen atoms in total. The molecule has 0 bridgehead atoms. The van der Waals surface area contributed by atoms with Crippen molar-refractivity contribution in [2.45, 2.75) is 33.6 Å². The van der Waals surface area contributed by atoms with Gasteiger partial charge in [0.1, 0.15) is 5.75 Å². The first-order chi connectivity index (χ1) is 8.38. The van der Waals surface area contributed by atoms with Crippen molar-refractivity contribution in [1.29, 1.82) is 0 Å². The van der Waals surface area contributed by atoms with Crippen molar-refractivity contribution in [2.24, 2.45) is 5.92 Å². The summed E-state index contributed by atoms with van der Waals surface area (Å²) in [6.45, 7) is 1.25. The van der Waals surface area contributed by atoms with Gasteiger partial charge in [0.25, 0.3) is 0 Å². The fraction of sp³-hybridized carbons (Fsp3) is 0.538. The summed E-state index contributed by atoms with van der Waals surface area (Å²) in [7, 11) is 0. The van der Waals surface area contributed by atoms with Crippen LogP contribution in [0.4, 0.5) is 12.9 Å². The molecule has 0 atom stereocenters. The Morgan fingerprint density at radius 3 is 2.16 bits per heavy atom. The summed E-state index contributed by atoms with van der Waals surface area (Å²) in [6, 6.07) is 3.98. The average Bonchev–Trinajstić information content (AvgIpc) is 2.28. The van der Waals surface area contributed by atoms with Crippen LogP contribution in [0, 0.1) is 12.8 Å². The first kappa shape index (κ1) is 19.5. The molecule has 19 heavy (non-hydrogen) atoms. The van der Waals surface area contributed by atoms with E-state index in [1.807, 2.05) is 0 Å². The summed E-state index contributed by atoms with van der Waals surface area (Å²) in [6.07, 6.45) is 2.03. The van der Waals surface area contributed by atoms with Gasteiger partial charge in [-0.1, -0.05) is 38.3 Å². The second-order valence-corrected chi connectivity index (χ2v) is 4.59. The Labute approximate surface area is 155 Å². The largest absolute Gasteiger partial charge is 1.00 e. The molecule has 1 aromatic rings. The number of hydrogen-bond acceptors (Lipinski definition) is 1. The smallest absolute Gasteiger partial charge is 0.493 e. The van der Waals surface area contributed by atoms with E-state index in [4.69, 9.17) is 4.74 Å². The molecule has 0 aliphatic rings. The molecule has 102 valence electrons. The zero-order valence-corrected chi connectivity index (χ0v) is 15.2. The molecule has 0 unspecified atom stereocenters. The van der Waals surface area contributed by atoms with Gasteiger partial charge >= 0.3 is 58.4 Å². The summed E-state index contributed by atoms with van der Waals surface area (Å²) in [4.78, 5) is 0. The molecule has 0 radical (unpaired) electrons. The van der Waals surface area contributed by atoms with E-state index in [9.17, 15) is 12.9 Å². The van der Waals surface area contributed by atoms with Gasteiger partial charge in [0.2, 0.25) is 0 Å². The summed E-state index contributed by atoms with van der Waals surface area (Å²) >= 11 is 0. The van der Waals surface area contributed by atoms with E-state index >= 15 is 0 Å². The van der Waals surface area contributed by atoms with Crippen LogP contribution in [0.15, 0.2) is 18.2 Å². The molecule has 0 saturated carbocycles. The molecular weight excluding hydrogens is 279 g/mol. The Balaban J connectivity index is 0.00000324. The molecule has 0 amide bonds. The van der Waals surface area contributed by atoms with Gasteiger partial charge < -0.3 is 17.7 Å². The molecule has 0 aliphatic carbocycles. The van der Waals surface area contributed by atoms with Crippen LogP contribution in [0.2, 0.25) is 0 Å². The zero-order valence-electron chi connectivity index (χ0n) is 12.1. The summed E-state index contributed by atoms with van der Waals surface area (Å²) < 4.78 is 43.4. The third kappa shape index (κ3) is 6.21. The molecule has 0 fully saturated rings. The van der Waals surface area contributed by atoms with Crippen LogP contribution in [0.1, 0.15) is 32.3 Å². The van der Waals surface area contributed by atoms with Crippen LogP contribution in [-0.2, 0) is 0 Å². The first-order valence-corrected chi connectivity index (χ1v) is 6.31. The van der Waals surface area contributed by atoms with Gasteiger partial charge in [-0.25, -0.2) is 0 Å². The quantitative estimate of drug-likeness (QED) is 0.708. The average molecular weight is 298 g/mol. The van der Waals surface area contributed by atoms with Gasteiger partial charge in [-0.3, -0.25) is 0 Å². The predicted octanol–water partition coefficient (Wildman–Crippen LogP) is 0.868. The second-order valence-electron chi connectivity index (χ2n) is 4.59. The third-order valence-electron chi connectivity index (χ3n) is 3.23. The summed E-state index contributed by atoms with van der Waals surface area (Å²) in [5.41, 5.74) is -0.311. The molecular formula is C13H19BF3KO. The number of ether oxygens (including phenoxy) is 1. The molecule has 6 heteroatoms. The molecule has 0 spiro atoms. The maximum atomic E-state index is 12.6. The maximum absolute atomic E-state index is 12.6. The molecule has 0 aliphatic heterocycles. The van der Waals surface area contributed by atoms with E-state index in [0.717, 1.165) is 18.9 Å². The van der Waals surface area contributed by atoms with Gasteiger partial charge in [-0.15, -0.1) is 5.46 Å². The van der Waals surface area contributed by atoms with Crippen LogP contribution in [0.5, 0.6) is 5.75 Å². The summed E-state index contributed by atoms with van der Waals surface area (Å²) in [5.74, 6) is 0.972. The Morgan fingerprint density at radius 1 is 1.16 bits per heavy atom. The normalized spacial score (nSPS) is 11.3. The molecule has 0 saturated heterocycles. The molecule has 0 heterocycles. The van der Waals surface area contributed by atoms with Crippen LogP contribution in [0.25, 0.3) is 0 Å². The van der Waals surface area contributed by atoms with Crippen molar-refractivity contribution in [1.82, 2.24) is 0 Å². The van der Waals surface area contributed by atoms with Crippen molar-refractivity contribution in [3.05, 3.63) is 23.8 Å². The van der Waals surface area contributed by atoms with Gasteiger partial charge in [-0.05, 0) is 25.0 Å². The topological polar surface area (TPSA) is 9.23 Å². The second kappa shape index (κ2) is 8.72. The van der Waals surface area contributed by atoms with Crippen molar-refractivity contribution < 1.29 is 69.1 Å². The van der Waals surface area contributed by atoms with E-state index < -0.39 is 12.4 Å². The molecule has 0 N–H and O–H groups in total. The number of benzene rings is 1. The van der Waals surface area contributed by atoms with Gasteiger partial charge in [-0.2, -0.15) is 0 Å². The van der Waals surface area contributed by atoms with Crippen molar-refractivity contribution in [2.75, 3.05) is 6.61 Å². The van der Waals surface area contributed by atoms with Crippen LogP contribution in [0.3, 0.4) is 0 Å². The fourth-order valence-electron chi connectivity index (χ4n) is 1.84. The van der Waals surface area contributed by atoms with Crippen molar-refractivity contribution in [3.8, 4) is 5.75 Å². The zero-order chi connectivity index (χ0) is 13.8. The minimum Gasteiger partial charge on any atom is -0.493 e.